The van der Waals surface area contributed by atoms with Gasteiger partial charge in [-0.2, -0.15) is 35.7 Å². The maximum absolute atomic E-state index is 4.74. The molecule has 7 aliphatic heterocycles. The molecule has 21 heteroatoms. The zero-order valence-electron chi connectivity index (χ0n) is 70.8. The highest BCUT2D eigenvalue weighted by Crippen LogP contribution is 2.30. The monoisotopic (exact) mass is 1450 g/mol. The first-order valence-electron chi connectivity index (χ1n) is 40.3. The van der Waals surface area contributed by atoms with E-state index in [-0.39, 0.29) is 38.8 Å². The molecule has 0 fully saturated rings. The van der Waals surface area contributed by atoms with E-state index in [0.717, 1.165) is 123 Å². The predicted molar refractivity (Wildman–Crippen MR) is 434 cm³/mol. The van der Waals surface area contributed by atoms with E-state index in [2.05, 4.69) is 299 Å². The minimum atomic E-state index is 0.0538. The summed E-state index contributed by atoms with van der Waals surface area (Å²) < 4.78 is 15.0. The van der Waals surface area contributed by atoms with Crippen LogP contribution in [0.2, 0.25) is 0 Å². The van der Waals surface area contributed by atoms with Gasteiger partial charge in [-0.15, -0.1) is 0 Å². The van der Waals surface area contributed by atoms with Crippen LogP contribution in [0.4, 0.5) is 0 Å². The fraction of sp³-hybridized carbons (Fsp3) is 0.726. The second kappa shape index (κ2) is 35.9. The van der Waals surface area contributed by atoms with E-state index < -0.39 is 0 Å². The van der Waals surface area contributed by atoms with Gasteiger partial charge in [0.1, 0.15) is 0 Å². The van der Waals surface area contributed by atoms with Crippen LogP contribution in [-0.4, -0.2) is 161 Å². The summed E-state index contributed by atoms with van der Waals surface area (Å²) >= 11 is 0. The first-order chi connectivity index (χ1) is 49.1. The third-order valence-electron chi connectivity index (χ3n) is 20.6. The van der Waals surface area contributed by atoms with E-state index in [4.69, 9.17) is 10.2 Å². The Morgan fingerprint density at radius 2 is 0.676 bits per heavy atom. The van der Waals surface area contributed by atoms with Crippen LogP contribution in [0.15, 0.2) is 50.0 Å². The molecule has 0 bridgehead atoms. The summed E-state index contributed by atoms with van der Waals surface area (Å²) in [5.74, 6) is 0. The lowest BCUT2D eigenvalue weighted by molar-refractivity contribution is 0.282. The Kier molecular flexibility index (Phi) is 28.8. The smallest absolute Gasteiger partial charge is 0.0670 e. The Balaban J connectivity index is 0.000000155. The van der Waals surface area contributed by atoms with Crippen molar-refractivity contribution >= 4 is 5.70 Å². The highest BCUT2D eigenvalue weighted by molar-refractivity contribution is 5.64. The van der Waals surface area contributed by atoms with Gasteiger partial charge in [0.2, 0.25) is 0 Å². The van der Waals surface area contributed by atoms with E-state index in [1.807, 2.05) is 18.6 Å². The van der Waals surface area contributed by atoms with Crippen LogP contribution in [-0.2, 0) is 123 Å². The van der Waals surface area contributed by atoms with Gasteiger partial charge < -0.3 is 25.8 Å². The van der Waals surface area contributed by atoms with Gasteiger partial charge in [0.15, 0.2) is 0 Å². The maximum Gasteiger partial charge on any atom is 0.0670 e. The van der Waals surface area contributed by atoms with Gasteiger partial charge in [-0.1, -0.05) is 20.4 Å². The van der Waals surface area contributed by atoms with Crippen LogP contribution in [0.1, 0.15) is 283 Å². The number of nitrogens with zero attached hydrogens (tertiary/aromatic N) is 18. The fourth-order valence-electron chi connectivity index (χ4n) is 14.7. The molecule has 7 aliphatic rings. The molecule has 14 heterocycles. The molecule has 0 unspecified atom stereocenters. The molecule has 3 N–H and O–H groups in total. The van der Waals surface area contributed by atoms with Crippen molar-refractivity contribution in [3.63, 3.8) is 0 Å². The Hall–Kier alpha value is -6.23. The average Bonchev–Trinajstić information content (AvgIpc) is 1.45. The summed E-state index contributed by atoms with van der Waals surface area (Å²) in [6, 6.07) is 0. The molecule has 7 aromatic heterocycles. The first kappa shape index (κ1) is 84.4. The van der Waals surface area contributed by atoms with Crippen LogP contribution in [0.5, 0.6) is 0 Å². The van der Waals surface area contributed by atoms with Crippen LogP contribution in [0.3, 0.4) is 0 Å². The highest BCUT2D eigenvalue weighted by atomic mass is 15.4. The van der Waals surface area contributed by atoms with Gasteiger partial charge in [0.05, 0.1) is 80.6 Å². The van der Waals surface area contributed by atoms with Crippen molar-refractivity contribution in [3.05, 3.63) is 129 Å². The van der Waals surface area contributed by atoms with Crippen molar-refractivity contribution in [2.45, 2.75) is 327 Å². The van der Waals surface area contributed by atoms with E-state index in [0.29, 0.717) is 0 Å². The Morgan fingerprint density at radius 1 is 0.352 bits per heavy atom. The van der Waals surface area contributed by atoms with Crippen molar-refractivity contribution in [3.8, 4) is 0 Å². The summed E-state index contributed by atoms with van der Waals surface area (Å²) in [7, 11) is 4.37. The molecule has 0 spiro atoms. The van der Waals surface area contributed by atoms with Crippen molar-refractivity contribution in [2.75, 3.05) is 73.0 Å². The van der Waals surface area contributed by atoms with E-state index in [1.54, 1.807) is 0 Å². The minimum Gasteiger partial charge on any atom is -0.385 e. The molecule has 0 saturated carbocycles. The van der Waals surface area contributed by atoms with Crippen LogP contribution < -0.4 is 16.0 Å². The molecule has 0 radical (unpaired) electrons. The number of fused-ring (bicyclic) bond motifs is 7. The number of rotatable bonds is 2. The van der Waals surface area contributed by atoms with Crippen LogP contribution in [0, 0.1) is 0 Å². The number of aromatic nitrogens is 14. The van der Waals surface area contributed by atoms with Crippen molar-refractivity contribution < 1.29 is 0 Å². The molecular formula is C84H145N21. The standard InChI is InChI=1S/2C13H23N3.2C12H21N3.C12H19N3.2C11H19N3/c1-5-15-8-6-7-12-11(9-15)10-16(14-12)13(2,3)4;1-5-15-8-6-7-12-11(10-15)9-14-16(12)13(2,3)4;1-12(2,3)15-9-10-8-14(4)7-5-6-11(10)13-15;1-12(2,3)15-11-6-5-7-14(4)9-10(11)8-13-15;1-9-10-8-14-15(12(2,3)4)11(10)6-5-7-13-9;1-11(2,3)14-8-9-7-12-6-4-5-10(9)13-14;1-11(2,3)14-10-5-4-6-12-7-9(10)8-13-14/h10H,5-9H2,1-4H3;9H,5-8,10H2,1-4H3;9H,5-8H2,1-4H3;8H,5-7,9H2,1-4H3;8,13H,1,5-7H2,2-4H3;2*8,12H,4-7H2,1-3H3. The lowest BCUT2D eigenvalue weighted by atomic mass is 10.1. The molecule has 586 valence electrons. The summed E-state index contributed by atoms with van der Waals surface area (Å²) in [6.07, 6.45) is 31.2. The first-order valence-corrected chi connectivity index (χ1v) is 40.3. The molecule has 14 rings (SSSR count). The summed E-state index contributed by atoms with van der Waals surface area (Å²) in [5.41, 5.74) is 20.8. The third kappa shape index (κ3) is 23.6. The molecule has 7 aromatic rings. The number of hydrogen-bond donors (Lipinski definition) is 3. The van der Waals surface area contributed by atoms with Crippen molar-refractivity contribution in [1.82, 2.24) is 104 Å². The molecule has 0 aromatic carbocycles. The Bertz CT molecular complexity index is 3780. The number of aryl methyl sites for hydroxylation is 3. The molecule has 0 aliphatic carbocycles. The largest absolute Gasteiger partial charge is 0.385 e. The maximum atomic E-state index is 4.74. The number of hydrogen-bond acceptors (Lipinski definition) is 14. The van der Waals surface area contributed by atoms with Gasteiger partial charge in [-0.25, -0.2) is 0 Å². The van der Waals surface area contributed by atoms with Gasteiger partial charge in [0.25, 0.3) is 0 Å². The fourth-order valence-corrected chi connectivity index (χ4v) is 14.7. The molecule has 0 amide bonds. The zero-order valence-corrected chi connectivity index (χ0v) is 70.8. The summed E-state index contributed by atoms with van der Waals surface area (Å²) in [5, 5.41) is 42.3. The molecule has 0 atom stereocenters. The van der Waals surface area contributed by atoms with Gasteiger partial charge >= 0.3 is 0 Å². The van der Waals surface area contributed by atoms with Gasteiger partial charge in [-0.3, -0.25) is 42.6 Å². The average molecular weight is 1450 g/mol. The molecule has 0 saturated heterocycles. The van der Waals surface area contributed by atoms with Crippen molar-refractivity contribution in [1.29, 1.82) is 0 Å². The lowest BCUT2D eigenvalue weighted by Gasteiger charge is -2.22. The second-order valence-corrected chi connectivity index (χ2v) is 37.5. The SMILES string of the molecule is C=C1NCCCc2c1cnn2C(C)(C)C.CC(C)(C)n1cc2c(n1)CCCNC2.CC(C)(C)n1ncc2c1CCCNC2.CCN1CCCc2c(cnn2C(C)(C)C)C1.CCN1CCCc2nn(C(C)(C)C)cc2C1.CN1CCCc2c(cnn2C(C)(C)C)C1.CN1CCCc2nn(C(C)(C)C)cc2C1. The topological polar surface area (TPSA) is 174 Å². The third-order valence-corrected chi connectivity index (χ3v) is 20.6. The predicted octanol–water partition coefficient (Wildman–Crippen LogP) is 14.3. The van der Waals surface area contributed by atoms with Gasteiger partial charge in [-0.05, 0) is 302 Å². The lowest BCUT2D eigenvalue weighted by Crippen LogP contribution is -2.25. The van der Waals surface area contributed by atoms with E-state index in [9.17, 15) is 0 Å². The Labute approximate surface area is 635 Å². The van der Waals surface area contributed by atoms with Crippen molar-refractivity contribution in [2.24, 2.45) is 0 Å². The van der Waals surface area contributed by atoms with E-state index in [1.165, 1.54) is 150 Å². The highest BCUT2D eigenvalue weighted by Gasteiger charge is 2.29. The second-order valence-electron chi connectivity index (χ2n) is 37.5. The van der Waals surface area contributed by atoms with Crippen LogP contribution in [0.25, 0.3) is 5.70 Å². The number of nitrogens with one attached hydrogen (secondary N) is 3. The summed E-state index contributed by atoms with van der Waals surface area (Å²) in [6.45, 7) is 71.3. The Morgan fingerprint density at radius 3 is 1.15 bits per heavy atom. The quantitative estimate of drug-likeness (QED) is 0.149. The van der Waals surface area contributed by atoms with E-state index >= 15 is 0 Å². The molecule has 105 heavy (non-hydrogen) atoms. The minimum absolute atomic E-state index is 0.0538. The molecular weight excluding hydrogens is 1300 g/mol. The molecule has 21 nitrogen and oxygen atoms in total. The van der Waals surface area contributed by atoms with Gasteiger partial charge in [0, 0.05) is 132 Å². The zero-order chi connectivity index (χ0) is 77.0. The normalized spacial score (nSPS) is 18.0. The summed E-state index contributed by atoms with van der Waals surface area (Å²) in [4.78, 5) is 9.75. The van der Waals surface area contributed by atoms with Crippen LogP contribution >= 0.6 is 0 Å².